The number of carbonyl (C=O) groups excluding carboxylic acids is 3. The predicted molar refractivity (Wildman–Crippen MR) is 151 cm³/mol. The van der Waals surface area contributed by atoms with Gasteiger partial charge in [-0.25, -0.2) is 0 Å². The van der Waals surface area contributed by atoms with Crippen molar-refractivity contribution in [2.75, 3.05) is 5.32 Å². The molecule has 11 nitrogen and oxygen atoms in total. The van der Waals surface area contributed by atoms with E-state index in [0.29, 0.717) is 22.7 Å². The summed E-state index contributed by atoms with van der Waals surface area (Å²) in [4.78, 5) is 57.6. The summed E-state index contributed by atoms with van der Waals surface area (Å²) in [6.45, 7) is 6.01. The molecule has 0 radical (unpaired) electrons. The SMILES string of the molecule is CC(=O)c1nn(CC(=O)N2[C@H](C(=O)Nc3nc(Br)ccc3C)C[C@@]3(C)[I-][C@@H]23)c2c(C(F)(F)F)nc(-c3cnc(C)nc3)cc12. The zero-order chi connectivity index (χ0) is 31.7. The van der Waals surface area contributed by atoms with Gasteiger partial charge in [0.1, 0.15) is 5.82 Å². The number of rotatable bonds is 6. The average molecular weight is 784 g/mol. The Morgan fingerprint density at radius 2 is 1.86 bits per heavy atom. The summed E-state index contributed by atoms with van der Waals surface area (Å²) < 4.78 is 44.5. The van der Waals surface area contributed by atoms with Crippen LogP contribution in [-0.2, 0) is 22.3 Å². The summed E-state index contributed by atoms with van der Waals surface area (Å²) in [5.74, 6) is -0.812. The molecule has 2 amide bonds. The van der Waals surface area contributed by atoms with Crippen molar-refractivity contribution in [2.45, 2.75) is 60.3 Å². The third-order valence-electron chi connectivity index (χ3n) is 7.56. The van der Waals surface area contributed by atoms with Crippen LogP contribution in [0.5, 0.6) is 0 Å². The number of nitrogens with one attached hydrogen (secondary N) is 1. The second kappa shape index (κ2) is 10.8. The Bertz CT molecular complexity index is 1870. The zero-order valence-corrected chi connectivity index (χ0v) is 27.4. The number of amides is 2. The summed E-state index contributed by atoms with van der Waals surface area (Å²) in [7, 11) is 0. The molecule has 0 saturated carbocycles. The molecule has 2 fully saturated rings. The molecule has 0 aromatic carbocycles. The summed E-state index contributed by atoms with van der Waals surface area (Å²) in [6.07, 6.45) is -1.82. The first-order valence-corrected chi connectivity index (χ1v) is 16.5. The van der Waals surface area contributed by atoms with Crippen molar-refractivity contribution < 1.29 is 48.8 Å². The quantitative estimate of drug-likeness (QED) is 0.102. The minimum atomic E-state index is -4.94. The van der Waals surface area contributed by atoms with E-state index >= 15 is 0 Å². The van der Waals surface area contributed by atoms with Gasteiger partial charge in [0, 0.05) is 0 Å². The van der Waals surface area contributed by atoms with Crippen LogP contribution < -0.4 is 26.5 Å². The number of pyridine rings is 2. The number of halogens is 5. The molecule has 2 aliphatic rings. The van der Waals surface area contributed by atoms with E-state index < -0.39 is 68.8 Å². The maximum atomic E-state index is 14.5. The second-order valence-corrected chi connectivity index (χ2v) is 15.9. The first-order chi connectivity index (χ1) is 20.7. The van der Waals surface area contributed by atoms with Crippen LogP contribution in [0.3, 0.4) is 0 Å². The van der Waals surface area contributed by atoms with E-state index in [2.05, 4.69) is 46.3 Å². The van der Waals surface area contributed by atoms with E-state index in [1.54, 1.807) is 26.0 Å². The first kappa shape index (κ1) is 30.5. The van der Waals surface area contributed by atoms with Gasteiger partial charge >= 0.3 is 256 Å². The Hall–Kier alpha value is -3.54. The number of nitrogens with zero attached hydrogens (tertiary/aromatic N) is 7. The molecule has 44 heavy (non-hydrogen) atoms. The van der Waals surface area contributed by atoms with Crippen molar-refractivity contribution in [1.82, 2.24) is 34.6 Å². The molecule has 230 valence electrons. The second-order valence-electron chi connectivity index (χ2n) is 10.9. The van der Waals surface area contributed by atoms with Crippen LogP contribution in [0.2, 0.25) is 0 Å². The van der Waals surface area contributed by atoms with Gasteiger partial charge in [-0.2, -0.15) is 0 Å². The van der Waals surface area contributed by atoms with Crippen LogP contribution in [0.15, 0.2) is 35.2 Å². The first-order valence-electron chi connectivity index (χ1n) is 13.3. The Balaban J connectivity index is 1.38. The third kappa shape index (κ3) is 5.46. The number of hydrogen-bond acceptors (Lipinski definition) is 8. The number of likely N-dealkylation sites (tertiary alicyclic amines) is 1. The summed E-state index contributed by atoms with van der Waals surface area (Å²) in [5, 5.41) is 6.89. The predicted octanol–water partition coefficient (Wildman–Crippen LogP) is 1.31. The molecule has 0 unspecified atom stereocenters. The fraction of sp³-hybridized carbons (Fsp3) is 0.357. The standard InChI is InChI=1S/C28H24BrF3IN8O3/c1-12-5-6-19(29)37-24(12)38-25(44)18-8-27(4)26(33-27)41(18)20(43)11-40-22-16(21(39-40)13(2)42)7-17(36-23(22)28(30,31)32)15-9-34-14(3)35-10-15/h5-7,9-10,18,26H,8,11H2,1-4H3,(H,37,38,44)/q-1/t18-,26-,27+/m0/s1. The van der Waals surface area contributed by atoms with Crippen molar-refractivity contribution in [3.63, 3.8) is 0 Å². The van der Waals surface area contributed by atoms with Crippen molar-refractivity contribution in [3.8, 4) is 11.3 Å². The molecule has 6 rings (SSSR count). The number of hydrogen-bond donors (Lipinski definition) is 1. The molecule has 2 saturated heterocycles. The van der Waals surface area contributed by atoms with Crippen LogP contribution in [0.1, 0.15) is 47.8 Å². The van der Waals surface area contributed by atoms with E-state index in [0.717, 1.165) is 10.2 Å². The van der Waals surface area contributed by atoms with Crippen LogP contribution >= 0.6 is 15.9 Å². The van der Waals surface area contributed by atoms with Gasteiger partial charge in [-0.15, -0.1) is 0 Å². The molecule has 2 aliphatic heterocycles. The van der Waals surface area contributed by atoms with Crippen LogP contribution in [0.25, 0.3) is 22.2 Å². The van der Waals surface area contributed by atoms with Crippen LogP contribution in [-0.4, -0.2) is 65.7 Å². The Labute approximate surface area is 267 Å². The number of carbonyl (C=O) groups is 3. The molecule has 4 aromatic rings. The van der Waals surface area contributed by atoms with E-state index in [4.69, 9.17) is 0 Å². The number of ketones is 1. The van der Waals surface area contributed by atoms with E-state index in [1.165, 1.54) is 30.3 Å². The van der Waals surface area contributed by atoms with Crippen LogP contribution in [0.4, 0.5) is 19.0 Å². The van der Waals surface area contributed by atoms with Gasteiger partial charge in [0.25, 0.3) is 0 Å². The van der Waals surface area contributed by atoms with Gasteiger partial charge in [0.05, 0.1) is 0 Å². The molecule has 6 heterocycles. The van der Waals surface area contributed by atoms with Gasteiger partial charge in [0.15, 0.2) is 0 Å². The fourth-order valence-corrected chi connectivity index (χ4v) is 9.04. The fourth-order valence-electron chi connectivity index (χ4n) is 5.33. The third-order valence-corrected chi connectivity index (χ3v) is 12.3. The molecule has 4 aromatic heterocycles. The van der Waals surface area contributed by atoms with Gasteiger partial charge < -0.3 is 0 Å². The number of aryl methyl sites for hydroxylation is 2. The Morgan fingerprint density at radius 1 is 1.16 bits per heavy atom. The average Bonchev–Trinajstić information content (AvgIpc) is 3.31. The number of fused-ring (bicyclic) bond motifs is 2. The molecule has 1 N–H and O–H groups in total. The molecule has 0 spiro atoms. The molecule has 3 atom stereocenters. The van der Waals surface area contributed by atoms with Gasteiger partial charge in [0.2, 0.25) is 0 Å². The molecular weight excluding hydrogens is 760 g/mol. The van der Waals surface area contributed by atoms with Crippen LogP contribution in [0, 0.1) is 13.8 Å². The van der Waals surface area contributed by atoms with Crippen molar-refractivity contribution in [1.29, 1.82) is 0 Å². The number of aromatic nitrogens is 6. The van der Waals surface area contributed by atoms with Gasteiger partial charge in [-0.3, -0.25) is 0 Å². The Kier molecular flexibility index (Phi) is 7.49. The van der Waals surface area contributed by atoms with Crippen molar-refractivity contribution in [3.05, 3.63) is 58.0 Å². The van der Waals surface area contributed by atoms with Gasteiger partial charge in [-0.1, -0.05) is 0 Å². The number of Topliss-reactive ketones (excluding diaryl/α,β-unsaturated/α-hetero) is 1. The van der Waals surface area contributed by atoms with E-state index in [9.17, 15) is 27.6 Å². The van der Waals surface area contributed by atoms with E-state index in [1.807, 2.05) is 6.92 Å². The molecule has 16 heteroatoms. The molecular formula is C28H24BrF3IN8O3-. The zero-order valence-electron chi connectivity index (χ0n) is 23.7. The molecule has 0 aliphatic carbocycles. The van der Waals surface area contributed by atoms with E-state index in [-0.39, 0.29) is 29.8 Å². The topological polar surface area (TPSA) is 136 Å². The number of anilines is 1. The Morgan fingerprint density at radius 3 is 2.52 bits per heavy atom. The van der Waals surface area contributed by atoms with Crippen molar-refractivity contribution >= 4 is 50.2 Å². The normalized spacial score (nSPS) is 21.1. The monoisotopic (exact) mass is 783 g/mol. The maximum absolute atomic E-state index is 14.5. The van der Waals surface area contributed by atoms with Crippen molar-refractivity contribution in [2.24, 2.45) is 0 Å². The summed E-state index contributed by atoms with van der Waals surface area (Å²) >= 11 is 2.85. The van der Waals surface area contributed by atoms with Gasteiger partial charge in [-0.05, 0) is 6.92 Å². The summed E-state index contributed by atoms with van der Waals surface area (Å²) in [6, 6.07) is 4.01. The summed E-state index contributed by atoms with van der Waals surface area (Å²) in [5.41, 5.74) is -1.16. The molecule has 0 bridgehead atoms. The minimum absolute atomic E-state index is 0.0931. The number of alkyl halides is 5.